The molecular weight excluding hydrogens is 367 g/mol. The monoisotopic (exact) mass is 382 g/mol. The van der Waals surface area contributed by atoms with E-state index in [1.807, 2.05) is 0 Å². The van der Waals surface area contributed by atoms with Gasteiger partial charge in [-0.1, -0.05) is 11.6 Å². The second-order valence-electron chi connectivity index (χ2n) is 5.88. The minimum Gasteiger partial charge on any atom is -0.435 e. The third-order valence-electron chi connectivity index (χ3n) is 4.34. The maximum atomic E-state index is 14.5. The smallest absolute Gasteiger partial charge is 0.341 e. The maximum Gasteiger partial charge on any atom is 0.341 e. The fraction of sp³-hybridized carbons (Fsp3) is 0.353. The first-order chi connectivity index (χ1) is 12.4. The molecule has 26 heavy (non-hydrogen) atoms. The molecule has 3 rings (SSSR count). The Kier molecular flexibility index (Phi) is 4.97. The van der Waals surface area contributed by atoms with Crippen LogP contribution in [0, 0.1) is 5.82 Å². The van der Waals surface area contributed by atoms with Gasteiger partial charge >= 0.3 is 11.7 Å². The summed E-state index contributed by atoms with van der Waals surface area (Å²) in [7, 11) is 2.86. The van der Waals surface area contributed by atoms with Crippen molar-refractivity contribution in [2.75, 3.05) is 13.9 Å². The van der Waals surface area contributed by atoms with E-state index in [0.717, 1.165) is 23.1 Å². The van der Waals surface area contributed by atoms with Gasteiger partial charge in [0.05, 0.1) is 16.3 Å². The van der Waals surface area contributed by atoms with Crippen molar-refractivity contribution in [2.24, 2.45) is 7.05 Å². The highest BCUT2D eigenvalue weighted by atomic mass is 35.5. The van der Waals surface area contributed by atoms with Gasteiger partial charge in [0.2, 0.25) is 0 Å². The van der Waals surface area contributed by atoms with Crippen molar-refractivity contribution in [2.45, 2.75) is 19.3 Å². The molecule has 1 aromatic carbocycles. The van der Waals surface area contributed by atoms with Gasteiger partial charge in [0.1, 0.15) is 5.82 Å². The lowest BCUT2D eigenvalue weighted by atomic mass is 10.1. The summed E-state index contributed by atoms with van der Waals surface area (Å²) in [6.07, 6.45) is 1.88. The Morgan fingerprint density at radius 3 is 2.73 bits per heavy atom. The molecule has 0 unspecified atom stereocenters. The van der Waals surface area contributed by atoms with Gasteiger partial charge < -0.3 is 14.0 Å². The van der Waals surface area contributed by atoms with Gasteiger partial charge in [-0.3, -0.25) is 4.79 Å². The number of halogens is 2. The molecule has 1 aromatic heterocycles. The van der Waals surface area contributed by atoms with E-state index in [-0.39, 0.29) is 23.1 Å². The van der Waals surface area contributed by atoms with Crippen LogP contribution >= 0.6 is 11.6 Å². The quantitative estimate of drug-likeness (QED) is 0.592. The lowest BCUT2D eigenvalue weighted by Crippen LogP contribution is -2.41. The minimum absolute atomic E-state index is 0.172. The standard InChI is InChI=1S/C17H16ClFN2O5/c1-20-13-5-3-4-9(13)15(22)21(17(20)24)14-6-10(11(18)7-12(14)19)16(23)26-8-25-2/h6-7H,3-5,8H2,1-2H3. The molecule has 1 aliphatic carbocycles. The number of fused-ring (bicyclic) bond motifs is 1. The van der Waals surface area contributed by atoms with Crippen LogP contribution in [0.4, 0.5) is 4.39 Å². The third kappa shape index (κ3) is 2.95. The number of carbonyl (C=O) groups is 1. The zero-order valence-corrected chi connectivity index (χ0v) is 14.9. The van der Waals surface area contributed by atoms with Crippen LogP contribution in [0.5, 0.6) is 0 Å². The van der Waals surface area contributed by atoms with Gasteiger partial charge in [0.25, 0.3) is 5.56 Å². The van der Waals surface area contributed by atoms with Crippen molar-refractivity contribution in [1.29, 1.82) is 0 Å². The maximum absolute atomic E-state index is 14.5. The summed E-state index contributed by atoms with van der Waals surface area (Å²) < 4.78 is 26.0. The molecule has 0 N–H and O–H groups in total. The first kappa shape index (κ1) is 18.3. The molecule has 9 heteroatoms. The number of ether oxygens (including phenoxy) is 2. The molecular formula is C17H16ClFN2O5. The molecule has 0 fully saturated rings. The van der Waals surface area contributed by atoms with E-state index in [0.29, 0.717) is 24.1 Å². The van der Waals surface area contributed by atoms with Crippen molar-refractivity contribution in [3.05, 3.63) is 60.6 Å². The number of esters is 1. The summed E-state index contributed by atoms with van der Waals surface area (Å²) in [6.45, 7) is -0.317. The van der Waals surface area contributed by atoms with Crippen LogP contribution in [0.3, 0.4) is 0 Å². The predicted molar refractivity (Wildman–Crippen MR) is 91.6 cm³/mol. The normalized spacial score (nSPS) is 12.9. The van der Waals surface area contributed by atoms with E-state index in [1.54, 1.807) is 0 Å². The van der Waals surface area contributed by atoms with Crippen LogP contribution < -0.4 is 11.2 Å². The van der Waals surface area contributed by atoms with Gasteiger partial charge in [-0.25, -0.2) is 18.5 Å². The summed E-state index contributed by atoms with van der Waals surface area (Å²) >= 11 is 5.92. The van der Waals surface area contributed by atoms with Gasteiger partial charge in [0.15, 0.2) is 6.79 Å². The van der Waals surface area contributed by atoms with Crippen molar-refractivity contribution in [3.63, 3.8) is 0 Å². The number of aromatic nitrogens is 2. The number of benzene rings is 1. The number of carbonyl (C=O) groups excluding carboxylic acids is 1. The Labute approximate surface area is 152 Å². The second kappa shape index (κ2) is 7.05. The molecule has 0 atom stereocenters. The highest BCUT2D eigenvalue weighted by Gasteiger charge is 2.25. The molecule has 0 spiro atoms. The average molecular weight is 383 g/mol. The van der Waals surface area contributed by atoms with E-state index in [9.17, 15) is 18.8 Å². The van der Waals surface area contributed by atoms with Crippen LogP contribution in [0.2, 0.25) is 5.02 Å². The number of rotatable bonds is 4. The predicted octanol–water partition coefficient (Wildman–Crippen LogP) is 1.58. The van der Waals surface area contributed by atoms with Gasteiger partial charge in [0, 0.05) is 25.4 Å². The van der Waals surface area contributed by atoms with Crippen LogP contribution in [0.25, 0.3) is 5.69 Å². The molecule has 7 nitrogen and oxygen atoms in total. The molecule has 0 aliphatic heterocycles. The van der Waals surface area contributed by atoms with Crippen molar-refractivity contribution >= 4 is 17.6 Å². The van der Waals surface area contributed by atoms with Crippen molar-refractivity contribution in [3.8, 4) is 5.69 Å². The van der Waals surface area contributed by atoms with Gasteiger partial charge in [-0.2, -0.15) is 0 Å². The van der Waals surface area contributed by atoms with Gasteiger partial charge in [-0.15, -0.1) is 0 Å². The fourth-order valence-corrected chi connectivity index (χ4v) is 3.31. The summed E-state index contributed by atoms with van der Waals surface area (Å²) in [5.41, 5.74) is -0.657. The van der Waals surface area contributed by atoms with Crippen LogP contribution in [-0.4, -0.2) is 29.0 Å². The van der Waals surface area contributed by atoms with E-state index < -0.39 is 23.0 Å². The Balaban J connectivity index is 2.23. The minimum atomic E-state index is -0.893. The lowest BCUT2D eigenvalue weighted by molar-refractivity contribution is -0.0124. The van der Waals surface area contributed by atoms with Crippen LogP contribution in [0.1, 0.15) is 28.0 Å². The highest BCUT2D eigenvalue weighted by Crippen LogP contribution is 2.24. The zero-order valence-electron chi connectivity index (χ0n) is 14.2. The summed E-state index contributed by atoms with van der Waals surface area (Å²) in [4.78, 5) is 37.4. The Hall–Kier alpha value is -2.45. The largest absolute Gasteiger partial charge is 0.435 e. The van der Waals surface area contributed by atoms with E-state index in [4.69, 9.17) is 16.3 Å². The molecule has 0 saturated heterocycles. The second-order valence-corrected chi connectivity index (χ2v) is 6.29. The van der Waals surface area contributed by atoms with Crippen molar-refractivity contribution < 1.29 is 18.7 Å². The molecule has 1 aliphatic rings. The van der Waals surface area contributed by atoms with E-state index in [1.165, 1.54) is 18.7 Å². The molecule has 0 saturated carbocycles. The molecule has 0 bridgehead atoms. The van der Waals surface area contributed by atoms with Crippen LogP contribution in [0.15, 0.2) is 21.7 Å². The Morgan fingerprint density at radius 2 is 2.04 bits per heavy atom. The topological polar surface area (TPSA) is 79.5 Å². The average Bonchev–Trinajstić information content (AvgIpc) is 3.09. The van der Waals surface area contributed by atoms with E-state index >= 15 is 0 Å². The highest BCUT2D eigenvalue weighted by molar-refractivity contribution is 6.33. The van der Waals surface area contributed by atoms with Crippen molar-refractivity contribution in [1.82, 2.24) is 9.13 Å². The zero-order chi connectivity index (χ0) is 19.0. The summed E-state index contributed by atoms with van der Waals surface area (Å²) in [6, 6.07) is 1.92. The number of methoxy groups -OCH3 is 1. The van der Waals surface area contributed by atoms with Crippen LogP contribution in [-0.2, 0) is 29.4 Å². The molecule has 2 aromatic rings. The first-order valence-corrected chi connectivity index (χ1v) is 8.24. The first-order valence-electron chi connectivity index (χ1n) is 7.86. The number of nitrogens with zero attached hydrogens (tertiary/aromatic N) is 2. The summed E-state index contributed by atoms with van der Waals surface area (Å²) in [5.74, 6) is -1.75. The number of hydrogen-bond acceptors (Lipinski definition) is 5. The SMILES string of the molecule is COCOC(=O)c1cc(-n2c(=O)c3c(n(C)c2=O)CCC3)c(F)cc1Cl. The Bertz CT molecular complexity index is 1010. The molecule has 0 amide bonds. The molecule has 1 heterocycles. The van der Waals surface area contributed by atoms with Gasteiger partial charge in [-0.05, 0) is 31.4 Å². The fourth-order valence-electron chi connectivity index (χ4n) is 3.08. The lowest BCUT2D eigenvalue weighted by Gasteiger charge is -2.14. The third-order valence-corrected chi connectivity index (χ3v) is 4.65. The molecule has 0 radical (unpaired) electrons. The van der Waals surface area contributed by atoms with E-state index in [2.05, 4.69) is 4.74 Å². The summed E-state index contributed by atoms with van der Waals surface area (Å²) in [5, 5.41) is -0.196. The number of hydrogen-bond donors (Lipinski definition) is 0. The Morgan fingerprint density at radius 1 is 1.31 bits per heavy atom. The molecule has 138 valence electrons.